The number of hydrogen-bond donors (Lipinski definition) is 2. The monoisotopic (exact) mass is 357 g/mol. The van der Waals surface area contributed by atoms with Crippen LogP contribution in [0.5, 0.6) is 0 Å². The smallest absolute Gasteiger partial charge is 0.0562 e. The molecule has 0 aliphatic carbocycles. The largest absolute Gasteiger partial charge is 0.399 e. The average molecular weight is 358 g/mol. The normalized spacial score (nSPS) is 11.2. The van der Waals surface area contributed by atoms with Crippen LogP contribution < -0.4 is 11.2 Å². The second-order valence-electron chi connectivity index (χ2n) is 6.88. The molecular weight excluding hydrogens is 330 g/mol. The van der Waals surface area contributed by atoms with Crippen molar-refractivity contribution in [2.45, 2.75) is 33.1 Å². The quantitative estimate of drug-likeness (QED) is 0.325. The molecule has 0 saturated heterocycles. The van der Waals surface area contributed by atoms with E-state index in [1.54, 1.807) is 0 Å². The van der Waals surface area contributed by atoms with Crippen LogP contribution in [0.3, 0.4) is 0 Å². The molecule has 138 valence electrons. The van der Waals surface area contributed by atoms with E-state index in [4.69, 9.17) is 5.73 Å². The molecule has 0 bridgehead atoms. The lowest BCUT2D eigenvalue weighted by molar-refractivity contribution is 0.799. The van der Waals surface area contributed by atoms with Crippen LogP contribution in [0.15, 0.2) is 66.3 Å². The van der Waals surface area contributed by atoms with Gasteiger partial charge in [-0.1, -0.05) is 62.4 Å². The highest BCUT2D eigenvalue weighted by Crippen LogP contribution is 2.23. The summed E-state index contributed by atoms with van der Waals surface area (Å²) in [5, 5.41) is 6.94. The summed E-state index contributed by atoms with van der Waals surface area (Å²) in [6.07, 6.45) is 5.38. The van der Waals surface area contributed by atoms with Gasteiger partial charge in [-0.05, 0) is 59.4 Å². The lowest BCUT2D eigenvalue weighted by atomic mass is 9.97. The van der Waals surface area contributed by atoms with Gasteiger partial charge in [0.05, 0.1) is 11.9 Å². The van der Waals surface area contributed by atoms with Crippen LogP contribution >= 0.6 is 0 Å². The molecule has 0 amide bonds. The number of fused-ring (bicyclic) bond motifs is 1. The van der Waals surface area contributed by atoms with Crippen molar-refractivity contribution in [3.8, 4) is 0 Å². The van der Waals surface area contributed by atoms with Crippen molar-refractivity contribution < 1.29 is 0 Å². The highest BCUT2D eigenvalue weighted by atomic mass is 15.3. The molecule has 0 aliphatic heterocycles. The van der Waals surface area contributed by atoms with Gasteiger partial charge in [0, 0.05) is 11.3 Å². The van der Waals surface area contributed by atoms with Crippen LogP contribution in [0.2, 0.25) is 0 Å². The summed E-state index contributed by atoms with van der Waals surface area (Å²) in [4.78, 5) is 0. The number of nitrogens with one attached hydrogen (secondary N) is 1. The number of hydrogen-bond acceptors (Lipinski definition) is 3. The molecule has 0 aromatic heterocycles. The number of benzene rings is 3. The van der Waals surface area contributed by atoms with Crippen LogP contribution in [-0.2, 0) is 6.42 Å². The standard InChI is InChI=1S/C24H27N3/c1-4-5-8-19-11-12-21(23-10-7-6-9-22(19)23)16-26-27-18(3)20-13-14-24(25)17(2)15-20/h6-7,9-16,27H,3-5,8,25H2,1-2H3/b26-16+. The molecule has 0 fully saturated rings. The van der Waals surface area contributed by atoms with Crippen molar-refractivity contribution in [1.82, 2.24) is 5.43 Å². The number of aryl methyl sites for hydroxylation is 2. The van der Waals surface area contributed by atoms with Gasteiger partial charge in [-0.15, -0.1) is 0 Å². The van der Waals surface area contributed by atoms with Gasteiger partial charge in [-0.2, -0.15) is 5.10 Å². The third-order valence-electron chi connectivity index (χ3n) is 4.87. The highest BCUT2D eigenvalue weighted by Gasteiger charge is 2.05. The fraction of sp³-hybridized carbons (Fsp3) is 0.208. The summed E-state index contributed by atoms with van der Waals surface area (Å²) >= 11 is 0. The lowest BCUT2D eigenvalue weighted by Crippen LogP contribution is -2.04. The molecule has 3 N–H and O–H groups in total. The van der Waals surface area contributed by atoms with Gasteiger partial charge in [0.15, 0.2) is 0 Å². The van der Waals surface area contributed by atoms with E-state index in [2.05, 4.69) is 60.4 Å². The third kappa shape index (κ3) is 4.37. The highest BCUT2D eigenvalue weighted by molar-refractivity contribution is 6.01. The first-order valence-electron chi connectivity index (χ1n) is 9.45. The van der Waals surface area contributed by atoms with E-state index in [1.807, 2.05) is 31.3 Å². The van der Waals surface area contributed by atoms with Gasteiger partial charge < -0.3 is 5.73 Å². The number of hydrazone groups is 1. The van der Waals surface area contributed by atoms with Crippen molar-refractivity contribution in [3.05, 3.63) is 83.4 Å². The van der Waals surface area contributed by atoms with Gasteiger partial charge >= 0.3 is 0 Å². The minimum Gasteiger partial charge on any atom is -0.399 e. The molecular formula is C24H27N3. The van der Waals surface area contributed by atoms with Gasteiger partial charge in [0.1, 0.15) is 0 Å². The van der Waals surface area contributed by atoms with Crippen LogP contribution in [0.1, 0.15) is 42.0 Å². The molecule has 27 heavy (non-hydrogen) atoms. The Hall–Kier alpha value is -3.07. The minimum absolute atomic E-state index is 0.748. The van der Waals surface area contributed by atoms with Crippen LogP contribution in [0, 0.1) is 6.92 Å². The van der Waals surface area contributed by atoms with Crippen LogP contribution in [-0.4, -0.2) is 6.21 Å². The van der Waals surface area contributed by atoms with E-state index in [1.165, 1.54) is 29.2 Å². The van der Waals surface area contributed by atoms with Crippen LogP contribution in [0.4, 0.5) is 5.69 Å². The first-order valence-corrected chi connectivity index (χ1v) is 9.45. The first kappa shape index (κ1) is 18.7. The fourth-order valence-electron chi connectivity index (χ4n) is 3.19. The summed E-state index contributed by atoms with van der Waals surface area (Å²) in [5.74, 6) is 0. The summed E-state index contributed by atoms with van der Waals surface area (Å²) in [6, 6.07) is 18.7. The molecule has 0 atom stereocenters. The van der Waals surface area contributed by atoms with E-state index in [9.17, 15) is 0 Å². The Morgan fingerprint density at radius 3 is 2.63 bits per heavy atom. The Bertz CT molecular complexity index is 986. The number of anilines is 1. The topological polar surface area (TPSA) is 50.4 Å². The fourth-order valence-corrected chi connectivity index (χ4v) is 3.19. The Labute approximate surface area is 161 Å². The lowest BCUT2D eigenvalue weighted by Gasteiger charge is -2.10. The molecule has 3 rings (SSSR count). The van der Waals surface area contributed by atoms with Gasteiger partial charge in [-0.3, -0.25) is 5.43 Å². The molecule has 3 nitrogen and oxygen atoms in total. The minimum atomic E-state index is 0.748. The Morgan fingerprint density at radius 1 is 1.11 bits per heavy atom. The van der Waals surface area contributed by atoms with E-state index in [-0.39, 0.29) is 0 Å². The van der Waals surface area contributed by atoms with Crippen molar-refractivity contribution in [2.24, 2.45) is 5.10 Å². The zero-order valence-corrected chi connectivity index (χ0v) is 16.1. The van der Waals surface area contributed by atoms with Gasteiger partial charge in [-0.25, -0.2) is 0 Å². The first-order chi connectivity index (χ1) is 13.1. The summed E-state index contributed by atoms with van der Waals surface area (Å²) in [5.41, 5.74) is 15.0. The predicted octanol–water partition coefficient (Wildman–Crippen LogP) is 5.67. The van der Waals surface area contributed by atoms with Crippen molar-refractivity contribution in [3.63, 3.8) is 0 Å². The van der Waals surface area contributed by atoms with Gasteiger partial charge in [0.2, 0.25) is 0 Å². The summed E-state index contributed by atoms with van der Waals surface area (Å²) in [7, 11) is 0. The Kier molecular flexibility index (Phi) is 5.92. The number of nitrogen functional groups attached to an aromatic ring is 1. The van der Waals surface area contributed by atoms with E-state index in [0.717, 1.165) is 34.5 Å². The number of rotatable bonds is 7. The van der Waals surface area contributed by atoms with Crippen molar-refractivity contribution in [1.29, 1.82) is 0 Å². The van der Waals surface area contributed by atoms with Gasteiger partial charge in [0.25, 0.3) is 0 Å². The maximum absolute atomic E-state index is 5.88. The molecule has 3 aromatic carbocycles. The molecule has 3 aromatic rings. The molecule has 0 heterocycles. The number of unbranched alkanes of at least 4 members (excludes halogenated alkanes) is 1. The zero-order chi connectivity index (χ0) is 19.2. The second-order valence-corrected chi connectivity index (χ2v) is 6.88. The number of nitrogens with zero attached hydrogens (tertiary/aromatic N) is 1. The third-order valence-corrected chi connectivity index (χ3v) is 4.87. The number of nitrogens with two attached hydrogens (primary N) is 1. The van der Waals surface area contributed by atoms with E-state index >= 15 is 0 Å². The molecule has 3 heteroatoms. The van der Waals surface area contributed by atoms with Crippen molar-refractivity contribution >= 4 is 28.4 Å². The maximum atomic E-state index is 5.88. The zero-order valence-electron chi connectivity index (χ0n) is 16.1. The van der Waals surface area contributed by atoms with Crippen molar-refractivity contribution in [2.75, 3.05) is 5.73 Å². The second kappa shape index (κ2) is 8.54. The molecule has 0 spiro atoms. The maximum Gasteiger partial charge on any atom is 0.0562 e. The Morgan fingerprint density at radius 2 is 1.89 bits per heavy atom. The van der Waals surface area contributed by atoms with Crippen LogP contribution in [0.25, 0.3) is 16.5 Å². The Balaban J connectivity index is 1.79. The SMILES string of the molecule is C=C(N/N=C/c1ccc(CCCC)c2ccccc12)c1ccc(N)c(C)c1. The molecule has 0 radical (unpaired) electrons. The average Bonchev–Trinajstić information content (AvgIpc) is 2.69. The molecule has 0 saturated carbocycles. The van der Waals surface area contributed by atoms with E-state index in [0.29, 0.717) is 0 Å². The summed E-state index contributed by atoms with van der Waals surface area (Å²) in [6.45, 7) is 8.29. The molecule has 0 unspecified atom stereocenters. The van der Waals surface area contributed by atoms with E-state index < -0.39 is 0 Å². The predicted molar refractivity (Wildman–Crippen MR) is 118 cm³/mol. The summed E-state index contributed by atoms with van der Waals surface area (Å²) < 4.78 is 0. The molecule has 0 aliphatic rings.